The van der Waals surface area contributed by atoms with Crippen molar-refractivity contribution in [3.63, 3.8) is 0 Å². The van der Waals surface area contributed by atoms with Crippen LogP contribution in [0.1, 0.15) is 29.5 Å². The smallest absolute Gasteiger partial charge is 0.227 e. The highest BCUT2D eigenvalue weighted by molar-refractivity contribution is 5.67. The Kier molecular flexibility index (Phi) is 9.01. The maximum absolute atomic E-state index is 14.6. The lowest BCUT2D eigenvalue weighted by Crippen LogP contribution is -2.52. The normalized spacial score (nSPS) is 17.2. The molecule has 2 aliphatic rings. The Bertz CT molecular complexity index is 1270. The van der Waals surface area contributed by atoms with Crippen LogP contribution >= 0.6 is 0 Å². The summed E-state index contributed by atoms with van der Waals surface area (Å²) in [6.07, 6.45) is 7.12. The molecule has 0 bridgehead atoms. The van der Waals surface area contributed by atoms with Crippen LogP contribution < -0.4 is 19.7 Å². The molecule has 8 nitrogen and oxygen atoms in total. The fourth-order valence-corrected chi connectivity index (χ4v) is 5.77. The Labute approximate surface area is 237 Å². The topological polar surface area (TPSA) is 66.0 Å². The number of halogens is 1. The van der Waals surface area contributed by atoms with E-state index in [2.05, 4.69) is 49.2 Å². The quantitative estimate of drug-likeness (QED) is 0.413. The van der Waals surface area contributed by atoms with E-state index in [0.717, 1.165) is 54.4 Å². The van der Waals surface area contributed by atoms with Crippen molar-refractivity contribution in [2.75, 3.05) is 70.8 Å². The molecule has 0 spiro atoms. The summed E-state index contributed by atoms with van der Waals surface area (Å²) in [5.74, 6) is 1.33. The van der Waals surface area contributed by atoms with E-state index in [0.29, 0.717) is 30.4 Å². The van der Waals surface area contributed by atoms with Gasteiger partial charge in [0.15, 0.2) is 11.6 Å². The SMILES string of the molecule is COc1cc(Nc2ncc(CCc3cc(C)cc(OC)c3F)cn2)ccc1N1CCC(N2CCN(C)CC2)CC1. The number of ether oxygens (including phenoxy) is 2. The molecular formula is C31H41FN6O2. The Balaban J connectivity index is 1.17. The van der Waals surface area contributed by atoms with Crippen molar-refractivity contribution in [1.29, 1.82) is 0 Å². The summed E-state index contributed by atoms with van der Waals surface area (Å²) in [7, 11) is 5.42. The summed E-state index contributed by atoms with van der Waals surface area (Å²) >= 11 is 0. The highest BCUT2D eigenvalue weighted by Crippen LogP contribution is 2.34. The number of hydrogen-bond acceptors (Lipinski definition) is 8. The first-order valence-corrected chi connectivity index (χ1v) is 14.2. The first-order valence-electron chi connectivity index (χ1n) is 14.2. The van der Waals surface area contributed by atoms with Crippen LogP contribution in [0.15, 0.2) is 42.7 Å². The number of piperazine rings is 1. The van der Waals surface area contributed by atoms with Crippen LogP contribution in [-0.4, -0.2) is 86.3 Å². The van der Waals surface area contributed by atoms with E-state index >= 15 is 0 Å². The number of rotatable bonds is 9. The van der Waals surface area contributed by atoms with Crippen LogP contribution in [-0.2, 0) is 12.8 Å². The average Bonchev–Trinajstić information content (AvgIpc) is 2.98. The molecule has 0 radical (unpaired) electrons. The molecule has 9 heteroatoms. The molecular weight excluding hydrogens is 507 g/mol. The Hall–Kier alpha value is -3.43. The van der Waals surface area contributed by atoms with Gasteiger partial charge in [-0.3, -0.25) is 4.90 Å². The molecule has 0 saturated carbocycles. The minimum Gasteiger partial charge on any atom is -0.495 e. The number of likely N-dealkylation sites (N-methyl/N-ethyl adjacent to an activating group) is 1. The molecule has 2 aromatic carbocycles. The summed E-state index contributed by atoms with van der Waals surface area (Å²) in [4.78, 5) is 16.5. The highest BCUT2D eigenvalue weighted by atomic mass is 19.1. The molecule has 3 heterocycles. The van der Waals surface area contributed by atoms with Crippen molar-refractivity contribution in [3.8, 4) is 11.5 Å². The standard InChI is InChI=1S/C31H41FN6O2/c1-22-17-24(30(32)29(18-22)40-4)6-5-23-20-33-31(34-21-23)35-25-7-8-27(28(19-25)39-3)38-11-9-26(10-12-38)37-15-13-36(2)14-16-37/h7-8,17-21,26H,5-6,9-16H2,1-4H3,(H,33,34,35). The minimum absolute atomic E-state index is 0.280. The Morgan fingerprint density at radius 2 is 1.60 bits per heavy atom. The summed E-state index contributed by atoms with van der Waals surface area (Å²) in [5.41, 5.74) is 4.55. The van der Waals surface area contributed by atoms with Crippen LogP contribution in [0.3, 0.4) is 0 Å². The number of benzene rings is 2. The predicted molar refractivity (Wildman–Crippen MR) is 158 cm³/mol. The van der Waals surface area contributed by atoms with E-state index in [4.69, 9.17) is 9.47 Å². The Morgan fingerprint density at radius 3 is 2.27 bits per heavy atom. The summed E-state index contributed by atoms with van der Waals surface area (Å²) in [5, 5.41) is 3.29. The summed E-state index contributed by atoms with van der Waals surface area (Å²) in [6, 6.07) is 10.4. The molecule has 2 fully saturated rings. The van der Waals surface area contributed by atoms with Gasteiger partial charge < -0.3 is 24.6 Å². The number of aromatic nitrogens is 2. The first kappa shape index (κ1) is 28.1. The van der Waals surface area contributed by atoms with Crippen molar-refractivity contribution in [2.24, 2.45) is 0 Å². The van der Waals surface area contributed by atoms with Crippen LogP contribution in [0.2, 0.25) is 0 Å². The molecule has 5 rings (SSSR count). The molecule has 0 atom stereocenters. The van der Waals surface area contributed by atoms with E-state index in [-0.39, 0.29) is 11.6 Å². The predicted octanol–water partition coefficient (Wildman–Crippen LogP) is 4.69. The van der Waals surface area contributed by atoms with Crippen LogP contribution in [0.5, 0.6) is 11.5 Å². The van der Waals surface area contributed by atoms with Crippen LogP contribution in [0.4, 0.5) is 21.7 Å². The summed E-state index contributed by atoms with van der Waals surface area (Å²) < 4.78 is 25.5. The number of methoxy groups -OCH3 is 2. The van der Waals surface area contributed by atoms with Gasteiger partial charge >= 0.3 is 0 Å². The largest absolute Gasteiger partial charge is 0.495 e. The zero-order chi connectivity index (χ0) is 28.1. The lowest BCUT2D eigenvalue weighted by atomic mass is 10.0. The number of nitrogens with one attached hydrogen (secondary N) is 1. The number of nitrogens with zero attached hydrogens (tertiary/aromatic N) is 5. The minimum atomic E-state index is -0.302. The van der Waals surface area contributed by atoms with Gasteiger partial charge in [0.05, 0.1) is 19.9 Å². The fraction of sp³-hybridized carbons (Fsp3) is 0.484. The molecule has 40 heavy (non-hydrogen) atoms. The van der Waals surface area contributed by atoms with E-state index in [1.807, 2.05) is 19.1 Å². The maximum Gasteiger partial charge on any atom is 0.227 e. The Morgan fingerprint density at radius 1 is 0.900 bits per heavy atom. The second kappa shape index (κ2) is 12.8. The van der Waals surface area contributed by atoms with Crippen molar-refractivity contribution >= 4 is 17.3 Å². The number of aryl methyl sites for hydroxylation is 3. The second-order valence-corrected chi connectivity index (χ2v) is 10.9. The van der Waals surface area contributed by atoms with Gasteiger partial charge in [0.1, 0.15) is 5.75 Å². The molecule has 2 aliphatic heterocycles. The van der Waals surface area contributed by atoms with Crippen molar-refractivity contribution in [2.45, 2.75) is 38.6 Å². The fourth-order valence-electron chi connectivity index (χ4n) is 5.77. The zero-order valence-electron chi connectivity index (χ0n) is 24.1. The maximum atomic E-state index is 14.6. The van der Waals surface area contributed by atoms with Crippen LogP contribution in [0, 0.1) is 12.7 Å². The van der Waals surface area contributed by atoms with E-state index in [1.54, 1.807) is 25.6 Å². The molecule has 0 aliphatic carbocycles. The molecule has 0 amide bonds. The van der Waals surface area contributed by atoms with E-state index in [9.17, 15) is 4.39 Å². The second-order valence-electron chi connectivity index (χ2n) is 10.9. The zero-order valence-corrected chi connectivity index (χ0v) is 24.1. The molecule has 1 N–H and O–H groups in total. The molecule has 2 saturated heterocycles. The molecule has 1 aromatic heterocycles. The van der Waals surface area contributed by atoms with E-state index in [1.165, 1.54) is 33.0 Å². The van der Waals surface area contributed by atoms with Gasteiger partial charge in [0.2, 0.25) is 5.95 Å². The average molecular weight is 549 g/mol. The van der Waals surface area contributed by atoms with Gasteiger partial charge in [-0.05, 0) is 74.5 Å². The monoisotopic (exact) mass is 548 g/mol. The van der Waals surface area contributed by atoms with Gasteiger partial charge in [-0.2, -0.15) is 0 Å². The lowest BCUT2D eigenvalue weighted by molar-refractivity contribution is 0.0981. The number of piperidine rings is 1. The molecule has 0 unspecified atom stereocenters. The first-order chi connectivity index (χ1) is 19.4. The molecule has 3 aromatic rings. The lowest BCUT2D eigenvalue weighted by Gasteiger charge is -2.42. The van der Waals surface area contributed by atoms with Crippen molar-refractivity contribution < 1.29 is 13.9 Å². The van der Waals surface area contributed by atoms with E-state index < -0.39 is 0 Å². The van der Waals surface area contributed by atoms with Crippen molar-refractivity contribution in [3.05, 3.63) is 65.2 Å². The van der Waals surface area contributed by atoms with Gasteiger partial charge in [0.25, 0.3) is 0 Å². The van der Waals surface area contributed by atoms with Crippen LogP contribution in [0.25, 0.3) is 0 Å². The molecule has 214 valence electrons. The number of anilines is 3. The number of hydrogen-bond donors (Lipinski definition) is 1. The third-order valence-electron chi connectivity index (χ3n) is 8.16. The third-order valence-corrected chi connectivity index (χ3v) is 8.16. The van der Waals surface area contributed by atoms with Gasteiger partial charge in [0, 0.05) is 69.5 Å². The third kappa shape index (κ3) is 6.64. The van der Waals surface area contributed by atoms with Gasteiger partial charge in [-0.1, -0.05) is 6.07 Å². The van der Waals surface area contributed by atoms with Gasteiger partial charge in [-0.25, -0.2) is 14.4 Å². The van der Waals surface area contributed by atoms with Crippen molar-refractivity contribution in [1.82, 2.24) is 19.8 Å². The highest BCUT2D eigenvalue weighted by Gasteiger charge is 2.27. The summed E-state index contributed by atoms with van der Waals surface area (Å²) in [6.45, 7) is 8.68. The van der Waals surface area contributed by atoms with Gasteiger partial charge in [-0.15, -0.1) is 0 Å².